The van der Waals surface area contributed by atoms with Gasteiger partial charge in [0.15, 0.2) is 0 Å². The van der Waals surface area contributed by atoms with Crippen LogP contribution >= 0.6 is 0 Å². The number of allylic oxidation sites excluding steroid dienone is 1. The van der Waals surface area contributed by atoms with E-state index in [1.165, 1.54) is 16.5 Å². The lowest BCUT2D eigenvalue weighted by molar-refractivity contribution is 0.420. The highest BCUT2D eigenvalue weighted by atomic mass is 16.5. The van der Waals surface area contributed by atoms with Gasteiger partial charge in [-0.3, -0.25) is 4.99 Å². The lowest BCUT2D eigenvalue weighted by Crippen LogP contribution is -2.03. The standard InChI is InChI=1S/C15H13NO/c1-10-14(9-16-10)12-6-7-13-11(8-12)4-3-5-15(13)17-2/h3-9H,1-2H3. The minimum atomic E-state index is 0.919. The van der Waals surface area contributed by atoms with E-state index in [1.54, 1.807) is 7.11 Å². The maximum absolute atomic E-state index is 5.35. The maximum Gasteiger partial charge on any atom is 0.126 e. The first-order valence-corrected chi connectivity index (χ1v) is 5.61. The molecule has 0 aliphatic carbocycles. The summed E-state index contributed by atoms with van der Waals surface area (Å²) in [5, 5.41) is 2.34. The second-order valence-corrected chi connectivity index (χ2v) is 4.15. The SMILES string of the molecule is COc1cccc2cc(C3=CN=C3C)ccc12. The summed E-state index contributed by atoms with van der Waals surface area (Å²) in [6, 6.07) is 12.5. The van der Waals surface area contributed by atoms with Crippen LogP contribution in [0.1, 0.15) is 12.5 Å². The number of fused-ring (bicyclic) bond motifs is 1. The zero-order valence-corrected chi connectivity index (χ0v) is 9.90. The van der Waals surface area contributed by atoms with Crippen molar-refractivity contribution in [2.45, 2.75) is 6.92 Å². The fourth-order valence-electron chi connectivity index (χ4n) is 2.14. The van der Waals surface area contributed by atoms with E-state index in [0.29, 0.717) is 0 Å². The van der Waals surface area contributed by atoms with Crippen molar-refractivity contribution in [2.24, 2.45) is 4.99 Å². The Morgan fingerprint density at radius 3 is 2.65 bits per heavy atom. The molecule has 0 atom stereocenters. The summed E-state index contributed by atoms with van der Waals surface area (Å²) < 4.78 is 5.35. The Hall–Kier alpha value is -2.09. The van der Waals surface area contributed by atoms with Crippen LogP contribution in [0, 0.1) is 0 Å². The molecular weight excluding hydrogens is 210 g/mol. The Morgan fingerprint density at radius 1 is 1.12 bits per heavy atom. The third-order valence-corrected chi connectivity index (χ3v) is 3.15. The molecule has 0 aromatic heterocycles. The van der Waals surface area contributed by atoms with Crippen molar-refractivity contribution in [3.63, 3.8) is 0 Å². The predicted octanol–water partition coefficient (Wildman–Crippen LogP) is 3.66. The number of aliphatic imine (C=N–C) groups is 1. The topological polar surface area (TPSA) is 21.6 Å². The third kappa shape index (κ3) is 1.53. The summed E-state index contributed by atoms with van der Waals surface area (Å²) in [4.78, 5) is 4.17. The third-order valence-electron chi connectivity index (χ3n) is 3.15. The number of rotatable bonds is 2. The first-order valence-electron chi connectivity index (χ1n) is 5.61. The van der Waals surface area contributed by atoms with E-state index in [4.69, 9.17) is 4.74 Å². The van der Waals surface area contributed by atoms with E-state index in [1.807, 2.05) is 25.3 Å². The monoisotopic (exact) mass is 223 g/mol. The maximum atomic E-state index is 5.35. The molecule has 0 fully saturated rings. The molecule has 0 amide bonds. The molecule has 1 heterocycles. The summed E-state index contributed by atoms with van der Waals surface area (Å²) in [6.45, 7) is 2.03. The first-order chi connectivity index (χ1) is 8.29. The zero-order valence-electron chi connectivity index (χ0n) is 9.90. The molecule has 2 heteroatoms. The molecule has 2 aromatic rings. The Kier molecular flexibility index (Phi) is 2.22. The van der Waals surface area contributed by atoms with Crippen LogP contribution in [0.25, 0.3) is 16.3 Å². The van der Waals surface area contributed by atoms with E-state index < -0.39 is 0 Å². The van der Waals surface area contributed by atoms with Crippen molar-refractivity contribution in [1.82, 2.24) is 0 Å². The quantitative estimate of drug-likeness (QED) is 0.761. The van der Waals surface area contributed by atoms with Gasteiger partial charge >= 0.3 is 0 Å². The molecule has 1 aliphatic rings. The van der Waals surface area contributed by atoms with Gasteiger partial charge in [0.25, 0.3) is 0 Å². The van der Waals surface area contributed by atoms with Crippen LogP contribution in [0.15, 0.2) is 47.6 Å². The highest BCUT2D eigenvalue weighted by Crippen LogP contribution is 2.30. The lowest BCUT2D eigenvalue weighted by atomic mass is 9.97. The van der Waals surface area contributed by atoms with Crippen molar-refractivity contribution in [3.05, 3.63) is 48.2 Å². The molecule has 1 aliphatic heterocycles. The molecule has 0 N–H and O–H groups in total. The van der Waals surface area contributed by atoms with Gasteiger partial charge in [-0.25, -0.2) is 0 Å². The molecule has 3 rings (SSSR count). The van der Waals surface area contributed by atoms with Crippen molar-refractivity contribution >= 4 is 22.1 Å². The van der Waals surface area contributed by atoms with Gasteiger partial charge < -0.3 is 4.74 Å². The van der Waals surface area contributed by atoms with E-state index in [9.17, 15) is 0 Å². The summed E-state index contributed by atoms with van der Waals surface area (Å²) in [5.41, 5.74) is 3.56. The Bertz CT molecular complexity index is 653. The minimum Gasteiger partial charge on any atom is -0.496 e. The van der Waals surface area contributed by atoms with Crippen LogP contribution in [-0.2, 0) is 0 Å². The average Bonchev–Trinajstić information content (AvgIpc) is 2.36. The van der Waals surface area contributed by atoms with Gasteiger partial charge in [0.1, 0.15) is 5.75 Å². The Balaban J connectivity index is 2.14. The summed E-state index contributed by atoms with van der Waals surface area (Å²) in [7, 11) is 1.70. The number of methoxy groups -OCH3 is 1. The summed E-state index contributed by atoms with van der Waals surface area (Å²) in [5.74, 6) is 0.919. The van der Waals surface area contributed by atoms with Crippen molar-refractivity contribution in [2.75, 3.05) is 7.11 Å². The van der Waals surface area contributed by atoms with Crippen molar-refractivity contribution < 1.29 is 4.74 Å². The fraction of sp³-hybridized carbons (Fsp3) is 0.133. The van der Waals surface area contributed by atoms with Gasteiger partial charge in [-0.2, -0.15) is 0 Å². The van der Waals surface area contributed by atoms with Crippen LogP contribution in [0.3, 0.4) is 0 Å². The highest BCUT2D eigenvalue weighted by Gasteiger charge is 2.12. The largest absolute Gasteiger partial charge is 0.496 e. The first kappa shape index (κ1) is 10.1. The molecule has 0 saturated heterocycles. The fourth-order valence-corrected chi connectivity index (χ4v) is 2.14. The molecule has 0 unspecified atom stereocenters. The van der Waals surface area contributed by atoms with Crippen LogP contribution in [0.5, 0.6) is 5.75 Å². The number of hydrogen-bond donors (Lipinski definition) is 0. The molecule has 2 nitrogen and oxygen atoms in total. The van der Waals surface area contributed by atoms with Gasteiger partial charge in [0.2, 0.25) is 0 Å². The number of benzene rings is 2. The van der Waals surface area contributed by atoms with E-state index in [0.717, 1.165) is 16.8 Å². The molecule has 17 heavy (non-hydrogen) atoms. The molecule has 0 spiro atoms. The average molecular weight is 223 g/mol. The highest BCUT2D eigenvalue weighted by molar-refractivity contribution is 6.27. The molecule has 84 valence electrons. The second kappa shape index (κ2) is 3.74. The van der Waals surface area contributed by atoms with E-state index >= 15 is 0 Å². The van der Waals surface area contributed by atoms with Crippen LogP contribution in [0.2, 0.25) is 0 Å². The van der Waals surface area contributed by atoms with Gasteiger partial charge in [0.05, 0.1) is 7.11 Å². The second-order valence-electron chi connectivity index (χ2n) is 4.15. The van der Waals surface area contributed by atoms with Crippen molar-refractivity contribution in [1.29, 1.82) is 0 Å². The summed E-state index contributed by atoms with van der Waals surface area (Å²) >= 11 is 0. The van der Waals surface area contributed by atoms with E-state index in [2.05, 4.69) is 29.3 Å². The number of nitrogens with zero attached hydrogens (tertiary/aromatic N) is 1. The van der Waals surface area contributed by atoms with Crippen LogP contribution in [0.4, 0.5) is 0 Å². The predicted molar refractivity (Wildman–Crippen MR) is 71.6 cm³/mol. The molecule has 2 aromatic carbocycles. The number of hydrogen-bond acceptors (Lipinski definition) is 2. The van der Waals surface area contributed by atoms with Crippen molar-refractivity contribution in [3.8, 4) is 5.75 Å². The van der Waals surface area contributed by atoms with Gasteiger partial charge in [0, 0.05) is 22.9 Å². The molecular formula is C15H13NO. The zero-order chi connectivity index (χ0) is 11.8. The molecule has 0 bridgehead atoms. The van der Waals surface area contributed by atoms with Gasteiger partial charge in [-0.15, -0.1) is 0 Å². The lowest BCUT2D eigenvalue weighted by Gasteiger charge is -2.14. The number of ether oxygens (including phenoxy) is 1. The Labute approximate surface area is 100 Å². The Morgan fingerprint density at radius 2 is 2.00 bits per heavy atom. The van der Waals surface area contributed by atoms with Gasteiger partial charge in [-0.1, -0.05) is 24.3 Å². The molecule has 0 saturated carbocycles. The smallest absolute Gasteiger partial charge is 0.126 e. The normalized spacial score (nSPS) is 14.0. The van der Waals surface area contributed by atoms with Gasteiger partial charge in [-0.05, 0) is 30.0 Å². The van der Waals surface area contributed by atoms with E-state index in [-0.39, 0.29) is 0 Å². The van der Waals surface area contributed by atoms with Crippen LogP contribution in [-0.4, -0.2) is 12.8 Å². The van der Waals surface area contributed by atoms with Crippen LogP contribution < -0.4 is 4.74 Å². The summed E-state index contributed by atoms with van der Waals surface area (Å²) in [6.07, 6.45) is 1.91. The molecule has 0 radical (unpaired) electrons. The minimum absolute atomic E-state index is 0.919.